The number of carbonyl (C=O) groups is 1. The number of tetrazole rings is 1. The predicted octanol–water partition coefficient (Wildman–Crippen LogP) is 0.254. The molecule has 1 N–H and O–H groups in total. The van der Waals surface area contributed by atoms with E-state index in [1.165, 1.54) is 5.56 Å². The summed E-state index contributed by atoms with van der Waals surface area (Å²) in [5.41, 5.74) is 1.28. The summed E-state index contributed by atoms with van der Waals surface area (Å²) >= 11 is 0. The number of rotatable bonds is 8. The molecule has 8 nitrogen and oxygen atoms in total. The maximum Gasteiger partial charge on any atom is 0.241 e. The number of aryl methyl sites for hydroxylation is 1. The molecule has 1 aromatic carbocycles. The minimum Gasteiger partial charge on any atom is -0.379 e. The molecule has 1 fully saturated rings. The van der Waals surface area contributed by atoms with Gasteiger partial charge in [0.1, 0.15) is 6.54 Å². The lowest BCUT2D eigenvalue weighted by atomic mass is 10.1. The molecule has 1 aliphatic rings. The van der Waals surface area contributed by atoms with E-state index < -0.39 is 0 Å². The number of hydrogen-bond acceptors (Lipinski definition) is 6. The van der Waals surface area contributed by atoms with Crippen molar-refractivity contribution in [3.05, 3.63) is 41.7 Å². The van der Waals surface area contributed by atoms with Gasteiger partial charge in [0.05, 0.1) is 19.8 Å². The normalized spacial score (nSPS) is 15.2. The van der Waals surface area contributed by atoms with Crippen LogP contribution < -0.4 is 5.32 Å². The van der Waals surface area contributed by atoms with Gasteiger partial charge in [0.25, 0.3) is 0 Å². The lowest BCUT2D eigenvalue weighted by molar-refractivity contribution is -0.121. The highest BCUT2D eigenvalue weighted by atomic mass is 16.5. The first-order valence-corrected chi connectivity index (χ1v) is 8.67. The number of morpholine rings is 1. The fraction of sp³-hybridized carbons (Fsp3) is 0.529. The lowest BCUT2D eigenvalue weighted by Crippen LogP contribution is -2.37. The largest absolute Gasteiger partial charge is 0.379 e. The molecule has 0 radical (unpaired) electrons. The maximum atomic E-state index is 12.1. The van der Waals surface area contributed by atoms with Gasteiger partial charge in [0.2, 0.25) is 5.91 Å². The van der Waals surface area contributed by atoms with E-state index in [2.05, 4.69) is 37.9 Å². The van der Waals surface area contributed by atoms with Crippen molar-refractivity contribution in [2.75, 3.05) is 32.8 Å². The average Bonchev–Trinajstić information content (AvgIpc) is 3.07. The second-order valence-electron chi connectivity index (χ2n) is 6.08. The second kappa shape index (κ2) is 9.24. The summed E-state index contributed by atoms with van der Waals surface area (Å²) in [6.45, 7) is 4.61. The Morgan fingerprint density at radius 3 is 2.80 bits per heavy atom. The Hall–Kier alpha value is -2.32. The molecule has 25 heavy (non-hydrogen) atoms. The van der Waals surface area contributed by atoms with E-state index >= 15 is 0 Å². The van der Waals surface area contributed by atoms with Gasteiger partial charge in [-0.3, -0.25) is 9.69 Å². The summed E-state index contributed by atoms with van der Waals surface area (Å²) in [6.07, 6.45) is 1.86. The third-order valence-electron chi connectivity index (χ3n) is 4.18. The van der Waals surface area contributed by atoms with Crippen LogP contribution in [0.15, 0.2) is 30.3 Å². The molecule has 1 saturated heterocycles. The van der Waals surface area contributed by atoms with Crippen LogP contribution in [0.4, 0.5) is 0 Å². The fourth-order valence-corrected chi connectivity index (χ4v) is 2.78. The highest BCUT2D eigenvalue weighted by Gasteiger charge is 2.16. The Morgan fingerprint density at radius 1 is 1.20 bits per heavy atom. The quantitative estimate of drug-likeness (QED) is 0.691. The van der Waals surface area contributed by atoms with Gasteiger partial charge in [-0.05, 0) is 28.8 Å². The van der Waals surface area contributed by atoms with Crippen LogP contribution >= 0.6 is 0 Å². The van der Waals surface area contributed by atoms with Crippen molar-refractivity contribution < 1.29 is 9.53 Å². The van der Waals surface area contributed by atoms with Gasteiger partial charge in [-0.2, -0.15) is 0 Å². The van der Waals surface area contributed by atoms with Crippen LogP contribution in [0.2, 0.25) is 0 Å². The van der Waals surface area contributed by atoms with E-state index in [-0.39, 0.29) is 12.5 Å². The standard InChI is InChI=1S/C17H24N6O2/c24-17(18-8-4-7-15-5-2-1-3-6-15)14-23-16(19-20-21-23)13-22-9-11-25-12-10-22/h1-3,5-6H,4,7-14H2,(H,18,24). The second-order valence-corrected chi connectivity index (χ2v) is 6.08. The van der Waals surface area contributed by atoms with Gasteiger partial charge >= 0.3 is 0 Å². The van der Waals surface area contributed by atoms with Crippen molar-refractivity contribution in [3.63, 3.8) is 0 Å². The minimum absolute atomic E-state index is 0.0661. The first kappa shape index (κ1) is 17.5. The van der Waals surface area contributed by atoms with E-state index in [0.717, 1.165) is 39.1 Å². The first-order valence-electron chi connectivity index (χ1n) is 8.67. The van der Waals surface area contributed by atoms with Crippen molar-refractivity contribution in [2.24, 2.45) is 0 Å². The van der Waals surface area contributed by atoms with Gasteiger partial charge in [0.15, 0.2) is 5.82 Å². The molecule has 2 aromatic rings. The Bertz CT molecular complexity index is 654. The maximum absolute atomic E-state index is 12.1. The topological polar surface area (TPSA) is 85.2 Å². The van der Waals surface area contributed by atoms with E-state index in [0.29, 0.717) is 18.9 Å². The molecule has 0 bridgehead atoms. The van der Waals surface area contributed by atoms with E-state index in [1.807, 2.05) is 18.2 Å². The van der Waals surface area contributed by atoms with Crippen LogP contribution in [0.1, 0.15) is 17.8 Å². The zero-order valence-corrected chi connectivity index (χ0v) is 14.3. The Balaban J connectivity index is 1.40. The van der Waals surface area contributed by atoms with Gasteiger partial charge < -0.3 is 10.1 Å². The number of nitrogens with one attached hydrogen (secondary N) is 1. The van der Waals surface area contributed by atoms with Crippen molar-refractivity contribution >= 4 is 5.91 Å². The van der Waals surface area contributed by atoms with Crippen molar-refractivity contribution in [3.8, 4) is 0 Å². The molecule has 8 heteroatoms. The highest BCUT2D eigenvalue weighted by molar-refractivity contribution is 5.75. The van der Waals surface area contributed by atoms with Crippen molar-refractivity contribution in [2.45, 2.75) is 25.9 Å². The average molecular weight is 344 g/mol. The number of hydrogen-bond donors (Lipinski definition) is 1. The van der Waals surface area contributed by atoms with Gasteiger partial charge in [-0.25, -0.2) is 4.68 Å². The molecular weight excluding hydrogens is 320 g/mol. The molecule has 3 rings (SSSR count). The first-order chi connectivity index (χ1) is 12.3. The van der Waals surface area contributed by atoms with Crippen LogP contribution in [0.3, 0.4) is 0 Å². The molecule has 1 amide bonds. The summed E-state index contributed by atoms with van der Waals surface area (Å²) < 4.78 is 6.91. The van der Waals surface area contributed by atoms with Crippen LogP contribution in [-0.4, -0.2) is 63.9 Å². The smallest absolute Gasteiger partial charge is 0.241 e. The Kier molecular flexibility index (Phi) is 6.47. The third kappa shape index (κ3) is 5.61. The summed E-state index contributed by atoms with van der Waals surface area (Å²) in [4.78, 5) is 14.3. The zero-order chi connectivity index (χ0) is 17.3. The molecule has 134 valence electrons. The summed E-state index contributed by atoms with van der Waals surface area (Å²) in [5.74, 6) is 0.643. The lowest BCUT2D eigenvalue weighted by Gasteiger charge is -2.25. The highest BCUT2D eigenvalue weighted by Crippen LogP contribution is 2.04. The number of amides is 1. The number of benzene rings is 1. The summed E-state index contributed by atoms with van der Waals surface area (Å²) in [7, 11) is 0. The Labute approximate surface area is 147 Å². The molecule has 0 spiro atoms. The van der Waals surface area contributed by atoms with E-state index in [4.69, 9.17) is 4.74 Å². The molecule has 2 heterocycles. The van der Waals surface area contributed by atoms with Crippen molar-refractivity contribution in [1.82, 2.24) is 30.4 Å². The third-order valence-corrected chi connectivity index (χ3v) is 4.18. The molecule has 1 aliphatic heterocycles. The van der Waals surface area contributed by atoms with E-state index in [1.54, 1.807) is 4.68 Å². The zero-order valence-electron chi connectivity index (χ0n) is 14.3. The molecule has 0 saturated carbocycles. The van der Waals surface area contributed by atoms with Gasteiger partial charge in [-0.1, -0.05) is 30.3 Å². The molecular formula is C17H24N6O2. The molecule has 0 atom stereocenters. The molecule has 0 aliphatic carbocycles. The summed E-state index contributed by atoms with van der Waals surface area (Å²) in [5, 5.41) is 14.6. The number of ether oxygens (including phenoxy) is 1. The SMILES string of the molecule is O=C(Cn1nnnc1CN1CCOCC1)NCCCc1ccccc1. The van der Waals surface area contributed by atoms with Gasteiger partial charge in [-0.15, -0.1) is 5.10 Å². The van der Waals surface area contributed by atoms with Crippen molar-refractivity contribution in [1.29, 1.82) is 0 Å². The Morgan fingerprint density at radius 2 is 2.00 bits per heavy atom. The van der Waals surface area contributed by atoms with Crippen LogP contribution in [0, 0.1) is 0 Å². The van der Waals surface area contributed by atoms with Crippen LogP contribution in [-0.2, 0) is 29.0 Å². The fourth-order valence-electron chi connectivity index (χ4n) is 2.78. The minimum atomic E-state index is -0.0661. The number of carbonyl (C=O) groups excluding carboxylic acids is 1. The predicted molar refractivity (Wildman–Crippen MR) is 91.7 cm³/mol. The number of nitrogens with zero attached hydrogens (tertiary/aromatic N) is 5. The van der Waals surface area contributed by atoms with Crippen LogP contribution in [0.25, 0.3) is 0 Å². The molecule has 1 aromatic heterocycles. The monoisotopic (exact) mass is 344 g/mol. The summed E-state index contributed by atoms with van der Waals surface area (Å²) in [6, 6.07) is 10.3. The van der Waals surface area contributed by atoms with E-state index in [9.17, 15) is 4.79 Å². The number of aromatic nitrogens is 4. The molecule has 0 unspecified atom stereocenters. The van der Waals surface area contributed by atoms with Crippen LogP contribution in [0.5, 0.6) is 0 Å². The van der Waals surface area contributed by atoms with Gasteiger partial charge in [0, 0.05) is 19.6 Å².